The number of nitrogens with zero attached hydrogens (tertiary/aromatic N) is 3. The number of aromatic nitrogens is 1. The summed E-state index contributed by atoms with van der Waals surface area (Å²) in [5.74, 6) is -3.57. The molecule has 0 saturated heterocycles. The summed E-state index contributed by atoms with van der Waals surface area (Å²) in [4.78, 5) is 28.9. The molecule has 1 rings (SSSR count). The summed E-state index contributed by atoms with van der Waals surface area (Å²) in [5.41, 5.74) is -0.706. The van der Waals surface area contributed by atoms with Gasteiger partial charge in [-0.2, -0.15) is 0 Å². The lowest BCUT2D eigenvalue weighted by Gasteiger charge is -2.06. The van der Waals surface area contributed by atoms with Gasteiger partial charge in [-0.05, 0) is 12.1 Å². The van der Waals surface area contributed by atoms with E-state index in [9.17, 15) is 30.3 Å². The van der Waals surface area contributed by atoms with Gasteiger partial charge in [0, 0.05) is 6.20 Å². The maximum absolute atomic E-state index is 10.5. The molecule has 0 aliphatic heterocycles. The number of hydrogen-bond donors (Lipinski definition) is 1. The van der Waals surface area contributed by atoms with Crippen molar-refractivity contribution in [3.8, 4) is 0 Å². The third-order valence-electron chi connectivity index (χ3n) is 1.72. The number of hydrogen-bond acceptors (Lipinski definition) is 6. The van der Waals surface area contributed by atoms with Gasteiger partial charge in [0.15, 0.2) is 14.8 Å². The zero-order valence-electron chi connectivity index (χ0n) is 7.02. The van der Waals surface area contributed by atoms with Crippen molar-refractivity contribution in [2.24, 2.45) is 0 Å². The van der Waals surface area contributed by atoms with E-state index in [1.165, 1.54) is 6.07 Å². The molecule has 1 aromatic rings. The predicted octanol–water partition coefficient (Wildman–Crippen LogP) is -0.0449. The van der Waals surface area contributed by atoms with E-state index in [4.69, 9.17) is 0 Å². The molecule has 0 fully saturated rings. The molecule has 0 aliphatic carbocycles. The number of nitro groups is 3. The van der Waals surface area contributed by atoms with Crippen molar-refractivity contribution in [1.82, 2.24) is 4.98 Å². The van der Waals surface area contributed by atoms with Crippen molar-refractivity contribution < 1.29 is 14.8 Å². The Morgan fingerprint density at radius 2 is 1.53 bits per heavy atom. The molecule has 0 atom stereocenters. The van der Waals surface area contributed by atoms with Gasteiger partial charge in [-0.3, -0.25) is 30.3 Å². The van der Waals surface area contributed by atoms with Crippen molar-refractivity contribution in [3.05, 3.63) is 54.4 Å². The Labute approximate surface area is 81.0 Å². The zero-order chi connectivity index (χ0) is 11.6. The summed E-state index contributed by atoms with van der Waals surface area (Å²) in [6.45, 7) is 0. The normalized spacial score (nSPS) is 10.9. The fraction of sp³-hybridized carbons (Fsp3) is 0.200. The van der Waals surface area contributed by atoms with Crippen LogP contribution in [0.2, 0.25) is 0 Å². The van der Waals surface area contributed by atoms with Gasteiger partial charge < -0.3 is 4.98 Å². The molecule has 0 bridgehead atoms. The monoisotopic (exact) mass is 216 g/mol. The number of nitrogens with one attached hydrogen (secondary N) is 1. The SMILES string of the molecule is O=[N+]([O-])C(c1ccc[nH]1)([N+](=O)[O-])[N+](=O)[O-]. The number of rotatable bonds is 4. The first-order chi connectivity index (χ1) is 6.94. The minimum Gasteiger partial charge on any atom is -0.346 e. The van der Waals surface area contributed by atoms with Crippen LogP contribution in [0.5, 0.6) is 0 Å². The van der Waals surface area contributed by atoms with Crippen LogP contribution in [0.1, 0.15) is 5.69 Å². The van der Waals surface area contributed by atoms with Gasteiger partial charge in [-0.1, -0.05) is 0 Å². The molecule has 0 unspecified atom stereocenters. The van der Waals surface area contributed by atoms with E-state index in [1.54, 1.807) is 0 Å². The molecule has 0 radical (unpaired) electrons. The third-order valence-corrected chi connectivity index (χ3v) is 1.72. The van der Waals surface area contributed by atoms with E-state index in [0.717, 1.165) is 12.3 Å². The average molecular weight is 216 g/mol. The van der Waals surface area contributed by atoms with E-state index < -0.39 is 26.3 Å². The molecule has 10 nitrogen and oxygen atoms in total. The van der Waals surface area contributed by atoms with Crippen LogP contribution < -0.4 is 0 Å². The molecule has 80 valence electrons. The molecule has 15 heavy (non-hydrogen) atoms. The summed E-state index contributed by atoms with van der Waals surface area (Å²) in [6.07, 6.45) is 1.13. The van der Waals surface area contributed by atoms with Crippen LogP contribution in [0.4, 0.5) is 0 Å². The minimum atomic E-state index is -3.57. The van der Waals surface area contributed by atoms with Crippen LogP contribution in [0.15, 0.2) is 18.3 Å². The molecule has 0 amide bonds. The van der Waals surface area contributed by atoms with Crippen LogP contribution in [-0.2, 0) is 5.79 Å². The molecule has 1 aromatic heterocycles. The van der Waals surface area contributed by atoms with E-state index in [1.807, 2.05) is 0 Å². The van der Waals surface area contributed by atoms with Gasteiger partial charge >= 0.3 is 5.79 Å². The number of aromatic amines is 1. The molecule has 10 heteroatoms. The van der Waals surface area contributed by atoms with Gasteiger partial charge in [0.1, 0.15) is 0 Å². The van der Waals surface area contributed by atoms with Gasteiger partial charge in [-0.15, -0.1) is 0 Å². The fourth-order valence-electron chi connectivity index (χ4n) is 1.03. The quantitative estimate of drug-likeness (QED) is 0.424. The minimum absolute atomic E-state index is 0.706. The highest BCUT2D eigenvalue weighted by Crippen LogP contribution is 2.24. The Morgan fingerprint density at radius 3 is 1.80 bits per heavy atom. The fourth-order valence-corrected chi connectivity index (χ4v) is 1.03. The molecule has 1 N–H and O–H groups in total. The van der Waals surface area contributed by atoms with Crippen LogP contribution in [-0.4, -0.2) is 19.8 Å². The second kappa shape index (κ2) is 3.32. The topological polar surface area (TPSA) is 145 Å². The van der Waals surface area contributed by atoms with E-state index in [2.05, 4.69) is 4.98 Å². The van der Waals surface area contributed by atoms with Crippen molar-refractivity contribution in [2.75, 3.05) is 0 Å². The smallest absolute Gasteiger partial charge is 0.346 e. The second-order valence-electron chi connectivity index (χ2n) is 2.49. The lowest BCUT2D eigenvalue weighted by molar-refractivity contribution is -0.986. The van der Waals surface area contributed by atoms with Crippen molar-refractivity contribution in [3.63, 3.8) is 0 Å². The van der Waals surface area contributed by atoms with Crippen molar-refractivity contribution in [2.45, 2.75) is 5.79 Å². The molecule has 0 saturated carbocycles. The summed E-state index contributed by atoms with van der Waals surface area (Å²) in [7, 11) is 0. The Bertz CT molecular complexity index is 375. The predicted molar refractivity (Wildman–Crippen MR) is 43.5 cm³/mol. The van der Waals surface area contributed by atoms with Gasteiger partial charge in [0.2, 0.25) is 0 Å². The Kier molecular flexibility index (Phi) is 2.34. The summed E-state index contributed by atoms with van der Waals surface area (Å²) in [6, 6.07) is 2.11. The van der Waals surface area contributed by atoms with Crippen LogP contribution in [0, 0.1) is 30.3 Å². The van der Waals surface area contributed by atoms with Crippen LogP contribution >= 0.6 is 0 Å². The van der Waals surface area contributed by atoms with E-state index in [-0.39, 0.29) is 0 Å². The highest BCUT2D eigenvalue weighted by atomic mass is 16.7. The maximum atomic E-state index is 10.5. The van der Waals surface area contributed by atoms with E-state index in [0.29, 0.717) is 0 Å². The lowest BCUT2D eigenvalue weighted by Crippen LogP contribution is -2.50. The largest absolute Gasteiger partial charge is 0.743 e. The summed E-state index contributed by atoms with van der Waals surface area (Å²) in [5, 5.41) is 31.5. The summed E-state index contributed by atoms with van der Waals surface area (Å²) < 4.78 is 0. The molecular formula is C5H4N4O6. The lowest BCUT2D eigenvalue weighted by atomic mass is 10.2. The number of H-pyrrole nitrogens is 1. The van der Waals surface area contributed by atoms with Gasteiger partial charge in [-0.25, -0.2) is 0 Å². The average Bonchev–Trinajstić information content (AvgIpc) is 2.55. The van der Waals surface area contributed by atoms with Crippen molar-refractivity contribution >= 4 is 0 Å². The second-order valence-corrected chi connectivity index (χ2v) is 2.49. The van der Waals surface area contributed by atoms with Gasteiger partial charge in [0.25, 0.3) is 5.69 Å². The van der Waals surface area contributed by atoms with Gasteiger partial charge in [0.05, 0.1) is 0 Å². The Hall–Kier alpha value is -2.52. The Balaban J connectivity index is 3.47. The van der Waals surface area contributed by atoms with Crippen molar-refractivity contribution in [1.29, 1.82) is 0 Å². The first-order valence-electron chi connectivity index (χ1n) is 3.51. The first kappa shape index (κ1) is 10.6. The molecule has 0 aliphatic rings. The zero-order valence-corrected chi connectivity index (χ0v) is 7.02. The third kappa shape index (κ3) is 1.27. The standard InChI is InChI=1S/C5H4N4O6/c10-7(11)5(8(12)13,9(14)15)4-2-1-3-6-4/h1-3,6H. The van der Waals surface area contributed by atoms with Crippen LogP contribution in [0.25, 0.3) is 0 Å². The highest BCUT2D eigenvalue weighted by Gasteiger charge is 2.73. The molecule has 1 heterocycles. The van der Waals surface area contributed by atoms with E-state index >= 15 is 0 Å². The maximum Gasteiger partial charge on any atom is 0.743 e. The Morgan fingerprint density at radius 1 is 1.07 bits per heavy atom. The molecular weight excluding hydrogens is 212 g/mol. The summed E-state index contributed by atoms with van der Waals surface area (Å²) >= 11 is 0. The van der Waals surface area contributed by atoms with Crippen LogP contribution in [0.3, 0.4) is 0 Å². The highest BCUT2D eigenvalue weighted by molar-refractivity contribution is 5.07. The first-order valence-corrected chi connectivity index (χ1v) is 3.51. The molecule has 0 spiro atoms. The molecule has 0 aromatic carbocycles.